The van der Waals surface area contributed by atoms with E-state index in [0.29, 0.717) is 12.0 Å². The summed E-state index contributed by atoms with van der Waals surface area (Å²) in [5.41, 5.74) is -0.129. The summed E-state index contributed by atoms with van der Waals surface area (Å²) in [6.45, 7) is -0.330. The van der Waals surface area contributed by atoms with Gasteiger partial charge in [-0.1, -0.05) is 17.7 Å². The first-order chi connectivity index (χ1) is 17.1. The Kier molecular flexibility index (Phi) is 5.92. The number of piperazine rings is 1. The van der Waals surface area contributed by atoms with Crippen molar-refractivity contribution in [2.75, 3.05) is 11.4 Å². The molecule has 3 aliphatic heterocycles. The molecule has 5 rings (SSSR count). The van der Waals surface area contributed by atoms with Gasteiger partial charge in [0.2, 0.25) is 0 Å². The van der Waals surface area contributed by atoms with Crippen LogP contribution in [0.15, 0.2) is 47.5 Å². The first kappa shape index (κ1) is 24.1. The molecule has 0 spiro atoms. The van der Waals surface area contributed by atoms with Gasteiger partial charge in [0.15, 0.2) is 17.4 Å². The molecule has 2 amide bonds. The number of amides is 2. The molecule has 2 atom stereocenters. The van der Waals surface area contributed by atoms with Crippen molar-refractivity contribution >= 4 is 29.1 Å². The van der Waals surface area contributed by atoms with Gasteiger partial charge in [-0.25, -0.2) is 17.6 Å². The van der Waals surface area contributed by atoms with E-state index < -0.39 is 64.6 Å². The van der Waals surface area contributed by atoms with E-state index in [4.69, 9.17) is 11.6 Å². The number of anilines is 1. The predicted octanol–water partition coefficient (Wildman–Crippen LogP) is 3.20. The Morgan fingerprint density at radius 1 is 1.14 bits per heavy atom. The number of benzene rings is 2. The van der Waals surface area contributed by atoms with Crippen LogP contribution in [0, 0.1) is 23.3 Å². The average molecular weight is 524 g/mol. The van der Waals surface area contributed by atoms with Crippen molar-refractivity contribution in [1.82, 2.24) is 10.2 Å². The number of halogens is 5. The quantitative estimate of drug-likeness (QED) is 0.424. The summed E-state index contributed by atoms with van der Waals surface area (Å²) < 4.78 is 55.3. The van der Waals surface area contributed by atoms with E-state index in [1.165, 1.54) is 16.0 Å². The zero-order chi connectivity index (χ0) is 25.9. The van der Waals surface area contributed by atoms with Gasteiger partial charge in [0, 0.05) is 30.9 Å². The molecule has 1 fully saturated rings. The van der Waals surface area contributed by atoms with Crippen molar-refractivity contribution in [2.24, 2.45) is 0 Å². The summed E-state index contributed by atoms with van der Waals surface area (Å²) in [6, 6.07) is 3.51. The van der Waals surface area contributed by atoms with Crippen molar-refractivity contribution in [3.05, 3.63) is 86.9 Å². The van der Waals surface area contributed by atoms with E-state index in [-0.39, 0.29) is 35.5 Å². The lowest BCUT2D eigenvalue weighted by atomic mass is 9.97. The van der Waals surface area contributed by atoms with E-state index in [9.17, 15) is 37.4 Å². The number of rotatable bonds is 3. The fraction of sp³-hybridized carbons (Fsp3) is 0.250. The zero-order valence-electron chi connectivity index (χ0n) is 18.4. The molecule has 188 valence electrons. The second-order valence-corrected chi connectivity index (χ2v) is 9.03. The number of aliphatic hydroxyl groups excluding tert-OH is 2. The van der Waals surface area contributed by atoms with Crippen LogP contribution in [0.25, 0.3) is 0 Å². The molecule has 36 heavy (non-hydrogen) atoms. The molecule has 1 saturated heterocycles. The van der Waals surface area contributed by atoms with Gasteiger partial charge in [-0.2, -0.15) is 0 Å². The topological polar surface area (TPSA) is 93.1 Å². The number of hydrogen-bond donors (Lipinski definition) is 3. The van der Waals surface area contributed by atoms with E-state index >= 15 is 0 Å². The minimum absolute atomic E-state index is 0.0640. The van der Waals surface area contributed by atoms with E-state index in [1.807, 2.05) is 0 Å². The maximum atomic E-state index is 14.2. The Morgan fingerprint density at radius 2 is 1.86 bits per heavy atom. The molecule has 0 aliphatic carbocycles. The smallest absolute Gasteiger partial charge is 0.278 e. The number of carbonyl (C=O) groups is 2. The van der Waals surface area contributed by atoms with Crippen LogP contribution in [0.1, 0.15) is 17.5 Å². The monoisotopic (exact) mass is 523 g/mol. The molecule has 7 nitrogen and oxygen atoms in total. The summed E-state index contributed by atoms with van der Waals surface area (Å²) >= 11 is 5.56. The largest absolute Gasteiger partial charge is 0.507 e. The summed E-state index contributed by atoms with van der Waals surface area (Å²) in [5, 5.41) is 23.0. The van der Waals surface area contributed by atoms with Crippen LogP contribution >= 0.6 is 11.6 Å². The van der Waals surface area contributed by atoms with Crippen molar-refractivity contribution in [3.63, 3.8) is 0 Å². The summed E-state index contributed by atoms with van der Waals surface area (Å²) in [7, 11) is 0. The maximum Gasteiger partial charge on any atom is 0.278 e. The molecule has 3 aliphatic rings. The number of fused-ring (bicyclic) bond motifs is 6. The number of nitrogens with one attached hydrogen (secondary N) is 1. The second kappa shape index (κ2) is 8.82. The fourth-order valence-corrected chi connectivity index (χ4v) is 4.85. The molecule has 2 unspecified atom stereocenters. The number of hydrogen-bond acceptors (Lipinski definition) is 5. The van der Waals surface area contributed by atoms with Crippen LogP contribution in [0.2, 0.25) is 5.02 Å². The number of aliphatic hydroxyl groups is 2. The van der Waals surface area contributed by atoms with Crippen LogP contribution in [-0.4, -0.2) is 45.6 Å². The lowest BCUT2D eigenvalue weighted by molar-refractivity contribution is -0.121. The molecule has 0 radical (unpaired) electrons. The molecule has 2 aromatic carbocycles. The molecule has 3 heterocycles. The van der Waals surface area contributed by atoms with Gasteiger partial charge in [-0.15, -0.1) is 0 Å². The van der Waals surface area contributed by atoms with Gasteiger partial charge in [0.25, 0.3) is 11.8 Å². The van der Waals surface area contributed by atoms with Crippen molar-refractivity contribution in [2.45, 2.75) is 31.5 Å². The highest BCUT2D eigenvalue weighted by molar-refractivity contribution is 6.31. The number of nitrogens with zero attached hydrogens (tertiary/aromatic N) is 2. The number of aryl methyl sites for hydroxylation is 1. The molecule has 2 aromatic rings. The SMILES string of the molecule is O=C(NCc1ccc(F)c(Cl)c1F)C1=CN2C(=C(O)C1O)C(=O)N1CC2CCc2cc(F)c(F)cc21. The van der Waals surface area contributed by atoms with E-state index in [2.05, 4.69) is 5.32 Å². The Balaban J connectivity index is 1.43. The van der Waals surface area contributed by atoms with Crippen molar-refractivity contribution in [3.8, 4) is 0 Å². The lowest BCUT2D eigenvalue weighted by Crippen LogP contribution is -2.55. The Bertz CT molecular complexity index is 1380. The summed E-state index contributed by atoms with van der Waals surface area (Å²) in [4.78, 5) is 28.7. The minimum atomic E-state index is -1.88. The average Bonchev–Trinajstić information content (AvgIpc) is 3.00. The molecule has 2 bridgehead atoms. The molecule has 0 saturated carbocycles. The Hall–Kier alpha value is -3.57. The number of carbonyl (C=O) groups excluding carboxylic acids is 2. The molecular formula is C24H18ClF4N3O4. The van der Waals surface area contributed by atoms with Crippen LogP contribution in [0.3, 0.4) is 0 Å². The summed E-state index contributed by atoms with van der Waals surface area (Å²) in [6.07, 6.45) is -0.0132. The van der Waals surface area contributed by atoms with Gasteiger partial charge in [0.05, 0.1) is 17.3 Å². The lowest BCUT2D eigenvalue weighted by Gasteiger charge is -2.43. The third kappa shape index (κ3) is 3.79. The van der Waals surface area contributed by atoms with Gasteiger partial charge >= 0.3 is 0 Å². The first-order valence-corrected chi connectivity index (χ1v) is 11.3. The van der Waals surface area contributed by atoms with Gasteiger partial charge in [-0.05, 0) is 30.5 Å². The van der Waals surface area contributed by atoms with Crippen molar-refractivity contribution < 1.29 is 37.4 Å². The summed E-state index contributed by atoms with van der Waals surface area (Å²) in [5.74, 6) is -6.59. The maximum absolute atomic E-state index is 14.2. The van der Waals surface area contributed by atoms with Gasteiger partial charge in [-0.3, -0.25) is 9.59 Å². The molecule has 12 heteroatoms. The van der Waals surface area contributed by atoms with Crippen LogP contribution < -0.4 is 10.2 Å². The third-order valence-corrected chi connectivity index (χ3v) is 6.89. The van der Waals surface area contributed by atoms with Crippen LogP contribution in [0.4, 0.5) is 23.2 Å². The van der Waals surface area contributed by atoms with E-state index in [0.717, 1.165) is 24.3 Å². The normalized spacial score (nSPS) is 21.1. The first-order valence-electron chi connectivity index (χ1n) is 10.9. The zero-order valence-corrected chi connectivity index (χ0v) is 19.1. The van der Waals surface area contributed by atoms with E-state index in [1.54, 1.807) is 0 Å². The molecule has 3 N–H and O–H groups in total. The predicted molar refractivity (Wildman–Crippen MR) is 120 cm³/mol. The van der Waals surface area contributed by atoms with Crippen LogP contribution in [-0.2, 0) is 22.6 Å². The fourth-order valence-electron chi connectivity index (χ4n) is 4.66. The third-order valence-electron chi connectivity index (χ3n) is 6.54. The molecule has 0 aromatic heterocycles. The van der Waals surface area contributed by atoms with Crippen molar-refractivity contribution in [1.29, 1.82) is 0 Å². The Morgan fingerprint density at radius 3 is 2.61 bits per heavy atom. The minimum Gasteiger partial charge on any atom is -0.507 e. The second-order valence-electron chi connectivity index (χ2n) is 8.65. The van der Waals surface area contributed by atoms with Gasteiger partial charge < -0.3 is 25.3 Å². The highest BCUT2D eigenvalue weighted by Crippen LogP contribution is 2.39. The Labute approximate surface area is 206 Å². The highest BCUT2D eigenvalue weighted by atomic mass is 35.5. The highest BCUT2D eigenvalue weighted by Gasteiger charge is 2.45. The molecular weight excluding hydrogens is 506 g/mol. The van der Waals surface area contributed by atoms with Crippen LogP contribution in [0.5, 0.6) is 0 Å². The van der Waals surface area contributed by atoms with Gasteiger partial charge in [0.1, 0.15) is 28.5 Å². The standard InChI is InChI=1S/C24H18ClF4N3O4/c25-18-14(26)4-2-11(19(18)29)7-30-23(35)13-9-31-12-3-1-10-5-15(27)16(28)6-17(10)32(8-12)24(36)20(31)22(34)21(13)33/h2,4-6,9,12,21,33-34H,1,3,7-8H2,(H,30,35).